The van der Waals surface area contributed by atoms with Crippen LogP contribution in [0.25, 0.3) is 0 Å². The van der Waals surface area contributed by atoms with Gasteiger partial charge in [-0.3, -0.25) is 0 Å². The molecule has 0 saturated carbocycles. The maximum absolute atomic E-state index is 11.5. The third-order valence-electron chi connectivity index (χ3n) is 1.42. The van der Waals surface area contributed by atoms with Gasteiger partial charge in [0, 0.05) is 11.0 Å². The molecule has 1 unspecified atom stereocenters. The highest BCUT2D eigenvalue weighted by Crippen LogP contribution is 2.25. The first kappa shape index (κ1) is 12.8. The maximum Gasteiger partial charge on any atom is 0.332 e. The third kappa shape index (κ3) is 4.00. The van der Waals surface area contributed by atoms with E-state index in [1.165, 1.54) is 11.3 Å². The Labute approximate surface area is 99.8 Å². The molecule has 1 atom stereocenters. The lowest BCUT2D eigenvalue weighted by Crippen LogP contribution is -2.28. The Hall–Kier alpha value is -0.270. The quantitative estimate of drug-likeness (QED) is 0.671. The zero-order valence-corrected chi connectivity index (χ0v) is 10.5. The molecule has 0 bridgehead atoms. The van der Waals surface area contributed by atoms with Crippen molar-refractivity contribution in [2.24, 2.45) is 5.92 Å². The molecule has 0 aliphatic carbocycles. The number of halogens is 1. The zero-order chi connectivity index (χ0) is 11.4. The van der Waals surface area contributed by atoms with Gasteiger partial charge < -0.3 is 9.39 Å². The lowest BCUT2D eigenvalue weighted by Gasteiger charge is -2.08. The molecular weight excluding hydrogens is 258 g/mol. The van der Waals surface area contributed by atoms with E-state index in [9.17, 15) is 9.35 Å². The minimum Gasteiger partial charge on any atom is -0.590 e. The fraction of sp³-hybridized carbons (Fsp3) is 0.375. The van der Waals surface area contributed by atoms with Crippen LogP contribution in [-0.2, 0) is 21.0 Å². The molecule has 15 heavy (non-hydrogen) atoms. The van der Waals surface area contributed by atoms with Crippen LogP contribution in [-0.4, -0.2) is 10.5 Å². The van der Waals surface area contributed by atoms with Crippen LogP contribution in [0, 0.1) is 5.92 Å². The number of nitrogens with one attached hydrogen (secondary N) is 1. The summed E-state index contributed by atoms with van der Waals surface area (Å²) in [4.78, 5) is 17.8. The van der Waals surface area contributed by atoms with Gasteiger partial charge in [-0.05, 0) is 6.07 Å². The number of thiophene rings is 1. The van der Waals surface area contributed by atoms with Gasteiger partial charge in [-0.15, -0.1) is 0 Å². The van der Waals surface area contributed by atoms with Crippen LogP contribution in [0.3, 0.4) is 0 Å². The van der Waals surface area contributed by atoms with E-state index in [4.69, 9.17) is 11.6 Å². The van der Waals surface area contributed by atoms with Gasteiger partial charge >= 0.3 is 5.97 Å². The average molecular weight is 268 g/mol. The van der Waals surface area contributed by atoms with Gasteiger partial charge in [0.05, 0.1) is 10.3 Å². The number of hydrogen-bond acceptors (Lipinski definition) is 5. The van der Waals surface area contributed by atoms with Gasteiger partial charge in [-0.2, -0.15) is 0 Å². The predicted molar refractivity (Wildman–Crippen MR) is 59.8 cm³/mol. The summed E-state index contributed by atoms with van der Waals surface area (Å²) in [6, 6.07) is 3.24. The molecule has 7 heteroatoms. The highest BCUT2D eigenvalue weighted by atomic mass is 35.5. The molecule has 0 fully saturated rings. The highest BCUT2D eigenvalue weighted by molar-refractivity contribution is 7.91. The summed E-state index contributed by atoms with van der Waals surface area (Å²) >= 11 is 5.27. The minimum absolute atomic E-state index is 0.263. The molecule has 0 aliphatic rings. The van der Waals surface area contributed by atoms with Crippen LogP contribution >= 0.6 is 22.9 Å². The van der Waals surface area contributed by atoms with Crippen molar-refractivity contribution in [3.63, 3.8) is 0 Å². The molecule has 0 radical (unpaired) electrons. The van der Waals surface area contributed by atoms with Crippen LogP contribution in [0.1, 0.15) is 13.8 Å². The van der Waals surface area contributed by atoms with Crippen molar-refractivity contribution in [3.8, 4) is 0 Å². The normalized spacial score (nSPS) is 12.9. The summed E-state index contributed by atoms with van der Waals surface area (Å²) < 4.78 is 12.5. The number of carbonyl (C=O) groups excluding carboxylic acids is 1. The molecule has 1 heterocycles. The summed E-state index contributed by atoms with van der Waals surface area (Å²) in [5, 5.41) is 0. The van der Waals surface area contributed by atoms with E-state index in [0.717, 1.165) is 0 Å². The Morgan fingerprint density at radius 2 is 2.33 bits per heavy atom. The standard InChI is InChI=1S/C8H10ClNO3S2/c1-5(2)8(11)13-10-15(12)7-4-3-6(9)14-7/h3-5,10H,1-2H3. The zero-order valence-electron chi connectivity index (χ0n) is 8.15. The maximum atomic E-state index is 11.5. The van der Waals surface area contributed by atoms with E-state index in [0.29, 0.717) is 8.55 Å². The summed E-state index contributed by atoms with van der Waals surface area (Å²) in [5.74, 6) is -0.715. The molecule has 0 saturated heterocycles. The Kier molecular flexibility index (Phi) is 4.88. The van der Waals surface area contributed by atoms with Crippen molar-refractivity contribution in [1.82, 2.24) is 4.89 Å². The Bertz CT molecular complexity index is 342. The van der Waals surface area contributed by atoms with Crippen LogP contribution < -0.4 is 4.89 Å². The van der Waals surface area contributed by atoms with E-state index in [2.05, 4.69) is 9.72 Å². The number of carbonyl (C=O) groups is 1. The summed E-state index contributed by atoms with van der Waals surface area (Å²) in [6.07, 6.45) is 0. The average Bonchev–Trinajstić information content (AvgIpc) is 2.60. The lowest BCUT2D eigenvalue weighted by atomic mass is 10.2. The second-order valence-electron chi connectivity index (χ2n) is 2.99. The molecule has 1 aromatic heterocycles. The van der Waals surface area contributed by atoms with Crippen LogP contribution in [0.15, 0.2) is 16.3 Å². The summed E-state index contributed by atoms with van der Waals surface area (Å²) in [5.41, 5.74) is 0. The molecule has 0 spiro atoms. The topological polar surface area (TPSA) is 61.4 Å². The first-order valence-corrected chi connectivity index (χ1v) is 6.48. The smallest absolute Gasteiger partial charge is 0.332 e. The predicted octanol–water partition coefficient (Wildman–Crippen LogP) is 2.13. The summed E-state index contributed by atoms with van der Waals surface area (Å²) in [6.45, 7) is 3.38. The van der Waals surface area contributed by atoms with Gasteiger partial charge in [0.2, 0.25) is 4.21 Å². The second kappa shape index (κ2) is 5.72. The van der Waals surface area contributed by atoms with Gasteiger partial charge in [0.15, 0.2) is 0 Å². The first-order valence-electron chi connectivity index (χ1n) is 4.14. The van der Waals surface area contributed by atoms with Crippen molar-refractivity contribution in [2.45, 2.75) is 18.1 Å². The number of hydrogen-bond donors (Lipinski definition) is 1. The van der Waals surface area contributed by atoms with Crippen molar-refractivity contribution in [1.29, 1.82) is 0 Å². The minimum atomic E-state index is -1.56. The molecule has 84 valence electrons. The summed E-state index contributed by atoms with van der Waals surface area (Å²) in [7, 11) is 0. The second-order valence-corrected chi connectivity index (χ2v) is 6.10. The molecule has 1 rings (SSSR count). The van der Waals surface area contributed by atoms with E-state index in [-0.39, 0.29) is 5.92 Å². The fourth-order valence-corrected chi connectivity index (χ4v) is 2.65. The van der Waals surface area contributed by atoms with Gasteiger partial charge in [0.25, 0.3) is 0 Å². The lowest BCUT2D eigenvalue weighted by molar-refractivity contribution is -0.150. The molecular formula is C8H10ClNO3S2. The van der Waals surface area contributed by atoms with Crippen molar-refractivity contribution in [3.05, 3.63) is 16.5 Å². The van der Waals surface area contributed by atoms with Crippen molar-refractivity contribution in [2.75, 3.05) is 0 Å². The van der Waals surface area contributed by atoms with Gasteiger partial charge in [0.1, 0.15) is 11.4 Å². The van der Waals surface area contributed by atoms with Gasteiger partial charge in [-0.1, -0.05) is 36.8 Å². The Morgan fingerprint density at radius 3 is 2.80 bits per heavy atom. The Balaban J connectivity index is 2.43. The fourth-order valence-electron chi connectivity index (χ4n) is 0.635. The van der Waals surface area contributed by atoms with Gasteiger partial charge in [-0.25, -0.2) is 4.79 Å². The van der Waals surface area contributed by atoms with Crippen LogP contribution in [0.4, 0.5) is 0 Å². The molecule has 0 amide bonds. The van der Waals surface area contributed by atoms with E-state index in [1.807, 2.05) is 0 Å². The SMILES string of the molecule is CC(C)C(=O)ON[S+]([O-])c1ccc(Cl)s1. The van der Waals surface area contributed by atoms with E-state index in [1.54, 1.807) is 26.0 Å². The molecule has 1 aromatic rings. The van der Waals surface area contributed by atoms with Crippen LogP contribution in [0.5, 0.6) is 0 Å². The van der Waals surface area contributed by atoms with E-state index >= 15 is 0 Å². The third-order valence-corrected chi connectivity index (χ3v) is 3.89. The van der Waals surface area contributed by atoms with Crippen LogP contribution in [0.2, 0.25) is 4.34 Å². The molecule has 4 nitrogen and oxygen atoms in total. The largest absolute Gasteiger partial charge is 0.590 e. The first-order chi connectivity index (χ1) is 7.00. The highest BCUT2D eigenvalue weighted by Gasteiger charge is 2.18. The Morgan fingerprint density at radius 1 is 1.67 bits per heavy atom. The molecule has 0 aromatic carbocycles. The molecule has 1 N–H and O–H groups in total. The van der Waals surface area contributed by atoms with Crippen molar-refractivity contribution < 1.29 is 14.2 Å². The monoisotopic (exact) mass is 267 g/mol. The van der Waals surface area contributed by atoms with Crippen molar-refractivity contribution >= 4 is 40.3 Å². The molecule has 0 aliphatic heterocycles. The van der Waals surface area contributed by atoms with E-state index < -0.39 is 17.3 Å². The number of rotatable bonds is 4.